The van der Waals surface area contributed by atoms with E-state index in [2.05, 4.69) is 5.10 Å². The van der Waals surface area contributed by atoms with E-state index in [9.17, 15) is 4.79 Å². The lowest BCUT2D eigenvalue weighted by Gasteiger charge is -2.26. The highest BCUT2D eigenvalue weighted by Crippen LogP contribution is 2.34. The van der Waals surface area contributed by atoms with Crippen molar-refractivity contribution in [3.63, 3.8) is 0 Å². The molecule has 2 fully saturated rings. The van der Waals surface area contributed by atoms with Gasteiger partial charge in [-0.25, -0.2) is 4.68 Å². The third-order valence-corrected chi connectivity index (χ3v) is 4.84. The van der Waals surface area contributed by atoms with E-state index in [-0.39, 0.29) is 17.9 Å². The van der Waals surface area contributed by atoms with Gasteiger partial charge in [0, 0.05) is 13.0 Å². The van der Waals surface area contributed by atoms with Gasteiger partial charge in [0.1, 0.15) is 11.9 Å². The SMILES string of the molecule is CCn1c(-c2ccoc2C)nn([C@H]2CC(=O)[C@H]3OC[C@@H]2O3)c1=S. The van der Waals surface area contributed by atoms with Gasteiger partial charge >= 0.3 is 0 Å². The minimum Gasteiger partial charge on any atom is -0.469 e. The van der Waals surface area contributed by atoms with Gasteiger partial charge in [0.15, 0.2) is 16.4 Å². The Bertz CT molecular complexity index is 821. The Labute approximate surface area is 137 Å². The Morgan fingerprint density at radius 2 is 2.30 bits per heavy atom. The van der Waals surface area contributed by atoms with E-state index in [1.54, 1.807) is 10.9 Å². The largest absolute Gasteiger partial charge is 0.469 e. The molecule has 0 unspecified atom stereocenters. The molecule has 2 aromatic heterocycles. The Morgan fingerprint density at radius 3 is 3.00 bits per heavy atom. The van der Waals surface area contributed by atoms with E-state index in [0.29, 0.717) is 24.3 Å². The predicted octanol–water partition coefficient (Wildman–Crippen LogP) is 2.26. The lowest BCUT2D eigenvalue weighted by molar-refractivity contribution is -0.156. The Morgan fingerprint density at radius 1 is 1.48 bits per heavy atom. The molecule has 4 rings (SSSR count). The summed E-state index contributed by atoms with van der Waals surface area (Å²) in [7, 11) is 0. The fourth-order valence-corrected chi connectivity index (χ4v) is 3.59. The van der Waals surface area contributed by atoms with Crippen LogP contribution in [0.1, 0.15) is 25.1 Å². The molecular formula is C15H17N3O4S. The van der Waals surface area contributed by atoms with Gasteiger partial charge in [-0.05, 0) is 32.1 Å². The number of nitrogens with zero attached hydrogens (tertiary/aromatic N) is 3. The number of fused-ring (bicyclic) bond motifs is 2. The quantitative estimate of drug-likeness (QED) is 0.801. The van der Waals surface area contributed by atoms with Crippen LogP contribution in [0.25, 0.3) is 11.4 Å². The van der Waals surface area contributed by atoms with Crippen molar-refractivity contribution < 1.29 is 18.7 Å². The third kappa shape index (κ3) is 2.20. The van der Waals surface area contributed by atoms with Crippen LogP contribution in [-0.2, 0) is 20.8 Å². The monoisotopic (exact) mass is 335 g/mol. The first-order chi connectivity index (χ1) is 11.1. The van der Waals surface area contributed by atoms with Crippen molar-refractivity contribution in [1.82, 2.24) is 14.3 Å². The molecule has 2 saturated heterocycles. The lowest BCUT2D eigenvalue weighted by atomic mass is 10.0. The highest BCUT2D eigenvalue weighted by Gasteiger charge is 2.45. The maximum Gasteiger partial charge on any atom is 0.218 e. The summed E-state index contributed by atoms with van der Waals surface area (Å²) < 4.78 is 20.6. The van der Waals surface area contributed by atoms with Crippen LogP contribution in [0, 0.1) is 11.7 Å². The number of aromatic nitrogens is 3. The van der Waals surface area contributed by atoms with Gasteiger partial charge in [-0.2, -0.15) is 5.10 Å². The number of furan rings is 1. The van der Waals surface area contributed by atoms with Crippen molar-refractivity contribution in [3.05, 3.63) is 22.9 Å². The summed E-state index contributed by atoms with van der Waals surface area (Å²) in [6.45, 7) is 4.98. The average molecular weight is 335 g/mol. The number of aryl methyl sites for hydroxylation is 1. The first-order valence-electron chi connectivity index (χ1n) is 7.63. The van der Waals surface area contributed by atoms with E-state index >= 15 is 0 Å². The van der Waals surface area contributed by atoms with Gasteiger partial charge in [0.2, 0.25) is 6.29 Å². The molecule has 122 valence electrons. The van der Waals surface area contributed by atoms with Crippen molar-refractivity contribution in [2.24, 2.45) is 0 Å². The van der Waals surface area contributed by atoms with Crippen LogP contribution in [0.2, 0.25) is 0 Å². The number of ether oxygens (including phenoxy) is 2. The molecule has 0 spiro atoms. The van der Waals surface area contributed by atoms with Crippen LogP contribution in [0.15, 0.2) is 16.7 Å². The maximum absolute atomic E-state index is 12.0. The van der Waals surface area contributed by atoms with Gasteiger partial charge in [0.05, 0.1) is 24.5 Å². The van der Waals surface area contributed by atoms with E-state index in [0.717, 1.165) is 17.1 Å². The van der Waals surface area contributed by atoms with E-state index in [1.165, 1.54) is 0 Å². The second kappa shape index (κ2) is 5.40. The Balaban J connectivity index is 1.81. The average Bonchev–Trinajstić information content (AvgIpc) is 3.21. The number of ketones is 1. The van der Waals surface area contributed by atoms with E-state index in [1.807, 2.05) is 24.5 Å². The van der Waals surface area contributed by atoms with Crippen LogP contribution in [0.3, 0.4) is 0 Å². The van der Waals surface area contributed by atoms with Crippen molar-refractivity contribution in [3.8, 4) is 11.4 Å². The molecule has 23 heavy (non-hydrogen) atoms. The van der Waals surface area contributed by atoms with Crippen molar-refractivity contribution >= 4 is 18.0 Å². The topological polar surface area (TPSA) is 71.4 Å². The molecule has 2 aliphatic heterocycles. The first kappa shape index (κ1) is 14.8. The zero-order valence-electron chi connectivity index (χ0n) is 12.9. The molecule has 0 saturated carbocycles. The van der Waals surface area contributed by atoms with Gasteiger partial charge in [-0.15, -0.1) is 0 Å². The summed E-state index contributed by atoms with van der Waals surface area (Å²) in [5, 5.41) is 4.69. The predicted molar refractivity (Wildman–Crippen MR) is 82.4 cm³/mol. The summed E-state index contributed by atoms with van der Waals surface area (Å²) >= 11 is 5.59. The smallest absolute Gasteiger partial charge is 0.218 e. The lowest BCUT2D eigenvalue weighted by Crippen LogP contribution is -2.37. The second-order valence-corrected chi connectivity index (χ2v) is 6.13. The molecule has 0 N–H and O–H groups in total. The van der Waals surface area contributed by atoms with Crippen molar-refractivity contribution in [2.75, 3.05) is 6.61 Å². The van der Waals surface area contributed by atoms with Crippen molar-refractivity contribution in [1.29, 1.82) is 0 Å². The number of rotatable bonds is 3. The molecule has 7 nitrogen and oxygen atoms in total. The minimum absolute atomic E-state index is 0.0576. The van der Waals surface area contributed by atoms with Gasteiger partial charge in [0.25, 0.3) is 0 Å². The van der Waals surface area contributed by atoms with E-state index < -0.39 is 6.29 Å². The molecule has 0 aliphatic carbocycles. The van der Waals surface area contributed by atoms with E-state index in [4.69, 9.17) is 26.1 Å². The molecule has 0 amide bonds. The summed E-state index contributed by atoms with van der Waals surface area (Å²) in [6.07, 6.45) is 1.06. The van der Waals surface area contributed by atoms with Gasteiger partial charge in [-0.1, -0.05) is 0 Å². The fourth-order valence-electron chi connectivity index (χ4n) is 3.20. The zero-order valence-corrected chi connectivity index (χ0v) is 13.7. The highest BCUT2D eigenvalue weighted by atomic mass is 32.1. The number of Topliss-reactive ketones (excluding diaryl/α,β-unsaturated/α-hetero) is 1. The number of hydrogen-bond donors (Lipinski definition) is 0. The number of carbonyl (C=O) groups is 1. The number of hydrogen-bond acceptors (Lipinski definition) is 6. The molecule has 2 bridgehead atoms. The Kier molecular flexibility index (Phi) is 3.47. The summed E-state index contributed by atoms with van der Waals surface area (Å²) in [4.78, 5) is 12.0. The van der Waals surface area contributed by atoms with Crippen LogP contribution in [0.4, 0.5) is 0 Å². The van der Waals surface area contributed by atoms with Crippen LogP contribution >= 0.6 is 12.2 Å². The summed E-state index contributed by atoms with van der Waals surface area (Å²) in [6, 6.07) is 1.65. The molecule has 4 heterocycles. The standard InChI is InChI=1S/C15H17N3O4S/c1-3-17-13(9-4-5-20-8(9)2)16-18(15(17)23)10-6-11(19)14-21-7-12(10)22-14/h4-5,10,12,14H,3,6-7H2,1-2H3/t10-,12-,14-/m0/s1. The van der Waals surface area contributed by atoms with Crippen LogP contribution in [-0.4, -0.2) is 39.1 Å². The fraction of sp³-hybridized carbons (Fsp3) is 0.533. The second-order valence-electron chi connectivity index (χ2n) is 5.76. The number of carbonyl (C=O) groups excluding carboxylic acids is 1. The van der Waals surface area contributed by atoms with Crippen LogP contribution < -0.4 is 0 Å². The first-order valence-corrected chi connectivity index (χ1v) is 8.04. The van der Waals surface area contributed by atoms with Crippen molar-refractivity contribution in [2.45, 2.75) is 45.2 Å². The zero-order chi connectivity index (χ0) is 16.1. The summed E-state index contributed by atoms with van der Waals surface area (Å²) in [5.41, 5.74) is 0.903. The molecule has 3 atom stereocenters. The molecular weight excluding hydrogens is 318 g/mol. The van der Waals surface area contributed by atoms with Gasteiger partial charge < -0.3 is 18.5 Å². The molecule has 0 radical (unpaired) electrons. The van der Waals surface area contributed by atoms with Gasteiger partial charge in [-0.3, -0.25) is 4.79 Å². The maximum atomic E-state index is 12.0. The molecule has 2 aliphatic rings. The molecule has 8 heteroatoms. The molecule has 0 aromatic carbocycles. The molecule has 2 aromatic rings. The third-order valence-electron chi connectivity index (χ3n) is 4.43. The summed E-state index contributed by atoms with van der Waals surface area (Å²) in [5.74, 6) is 1.47. The van der Waals surface area contributed by atoms with Crippen LogP contribution in [0.5, 0.6) is 0 Å². The normalized spacial score (nSPS) is 26.9. The highest BCUT2D eigenvalue weighted by molar-refractivity contribution is 7.71. The minimum atomic E-state index is -0.714. The Hall–Kier alpha value is -1.77.